The van der Waals surface area contributed by atoms with Gasteiger partial charge in [-0.1, -0.05) is 0 Å². The molecular formula is C12H17N3O3. The molecule has 1 aromatic rings. The largest absolute Gasteiger partial charge is 0.477 e. The minimum absolute atomic E-state index is 0.0106. The summed E-state index contributed by atoms with van der Waals surface area (Å²) in [6.45, 7) is 1.48. The molecular weight excluding hydrogens is 234 g/mol. The Morgan fingerprint density at radius 3 is 3.11 bits per heavy atom. The normalized spacial score (nSPS) is 19.5. The van der Waals surface area contributed by atoms with Crippen LogP contribution >= 0.6 is 0 Å². The molecule has 2 rings (SSSR count). The molecule has 98 valence electrons. The number of carbonyl (C=O) groups is 1. The Hall–Kier alpha value is -1.69. The van der Waals surface area contributed by atoms with Crippen molar-refractivity contribution in [3.8, 4) is 0 Å². The fourth-order valence-corrected chi connectivity index (χ4v) is 1.99. The lowest BCUT2D eigenvalue weighted by atomic mass is 10.1. The van der Waals surface area contributed by atoms with Crippen LogP contribution < -0.4 is 4.90 Å². The van der Waals surface area contributed by atoms with E-state index in [1.807, 2.05) is 11.9 Å². The number of aromatic carboxylic acids is 1. The number of hydrogen-bond acceptors (Lipinski definition) is 5. The minimum Gasteiger partial charge on any atom is -0.477 e. The van der Waals surface area contributed by atoms with Crippen molar-refractivity contribution in [2.24, 2.45) is 0 Å². The number of hydrogen-bond donors (Lipinski definition) is 1. The lowest BCUT2D eigenvalue weighted by Crippen LogP contribution is -2.34. The van der Waals surface area contributed by atoms with E-state index in [0.29, 0.717) is 12.5 Å². The van der Waals surface area contributed by atoms with Crippen LogP contribution in [0.2, 0.25) is 0 Å². The second-order valence-electron chi connectivity index (χ2n) is 4.42. The lowest BCUT2D eigenvalue weighted by Gasteiger charge is -2.27. The van der Waals surface area contributed by atoms with Gasteiger partial charge < -0.3 is 14.7 Å². The molecule has 0 aromatic carbocycles. The molecule has 1 aromatic heterocycles. The lowest BCUT2D eigenvalue weighted by molar-refractivity contribution is 0.0214. The van der Waals surface area contributed by atoms with Gasteiger partial charge in [0.25, 0.3) is 0 Å². The van der Waals surface area contributed by atoms with Crippen LogP contribution in [0.5, 0.6) is 0 Å². The number of ether oxygens (including phenoxy) is 1. The average molecular weight is 251 g/mol. The summed E-state index contributed by atoms with van der Waals surface area (Å²) in [7, 11) is 1.85. The molecule has 1 saturated heterocycles. The molecule has 1 N–H and O–H groups in total. The first-order chi connectivity index (χ1) is 8.66. The zero-order chi connectivity index (χ0) is 13.0. The molecule has 1 unspecified atom stereocenters. The van der Waals surface area contributed by atoms with Crippen LogP contribution in [-0.2, 0) is 4.74 Å². The van der Waals surface area contributed by atoms with Gasteiger partial charge in [0.2, 0.25) is 5.95 Å². The summed E-state index contributed by atoms with van der Waals surface area (Å²) in [5, 5.41) is 8.88. The number of nitrogens with zero attached hydrogens (tertiary/aromatic N) is 3. The topological polar surface area (TPSA) is 75.5 Å². The molecule has 0 spiro atoms. The maximum absolute atomic E-state index is 10.8. The van der Waals surface area contributed by atoms with Crippen molar-refractivity contribution in [3.63, 3.8) is 0 Å². The second-order valence-corrected chi connectivity index (χ2v) is 4.42. The molecule has 1 fully saturated rings. The van der Waals surface area contributed by atoms with Crippen LogP contribution in [0.4, 0.5) is 5.95 Å². The maximum Gasteiger partial charge on any atom is 0.354 e. The van der Waals surface area contributed by atoms with Gasteiger partial charge in [0.1, 0.15) is 0 Å². The smallest absolute Gasteiger partial charge is 0.354 e. The molecule has 0 saturated carbocycles. The van der Waals surface area contributed by atoms with Crippen molar-refractivity contribution in [3.05, 3.63) is 18.0 Å². The summed E-state index contributed by atoms with van der Waals surface area (Å²) in [5.74, 6) is -0.620. The molecule has 6 nitrogen and oxygen atoms in total. The zero-order valence-corrected chi connectivity index (χ0v) is 10.4. The van der Waals surface area contributed by atoms with E-state index < -0.39 is 5.97 Å². The van der Waals surface area contributed by atoms with Gasteiger partial charge in [-0.2, -0.15) is 0 Å². The number of likely N-dealkylation sites (N-methyl/N-ethyl adjacent to an activating group) is 1. The standard InChI is InChI=1S/C12H17N3O3/c1-15(8-9-4-2-3-7-18-9)12-13-6-5-10(14-12)11(16)17/h5-6,9H,2-4,7-8H2,1H3,(H,16,17). The summed E-state index contributed by atoms with van der Waals surface area (Å²) in [5.41, 5.74) is 0.0106. The van der Waals surface area contributed by atoms with E-state index in [2.05, 4.69) is 9.97 Å². The molecule has 1 atom stereocenters. The predicted octanol–water partition coefficient (Wildman–Crippen LogP) is 1.18. The summed E-state index contributed by atoms with van der Waals surface area (Å²) in [4.78, 5) is 20.7. The van der Waals surface area contributed by atoms with Gasteiger partial charge in [-0.05, 0) is 25.3 Å². The average Bonchev–Trinajstić information content (AvgIpc) is 2.40. The Kier molecular flexibility index (Phi) is 4.09. The van der Waals surface area contributed by atoms with Crippen molar-refractivity contribution in [1.82, 2.24) is 9.97 Å². The highest BCUT2D eigenvalue weighted by Crippen LogP contribution is 2.15. The molecule has 0 radical (unpaired) electrons. The molecule has 6 heteroatoms. The van der Waals surface area contributed by atoms with Gasteiger partial charge in [-0.3, -0.25) is 0 Å². The first-order valence-electron chi connectivity index (χ1n) is 6.06. The molecule has 2 heterocycles. The van der Waals surface area contributed by atoms with E-state index in [-0.39, 0.29) is 11.8 Å². The number of anilines is 1. The van der Waals surface area contributed by atoms with Crippen LogP contribution in [-0.4, -0.2) is 47.3 Å². The Bertz CT molecular complexity index is 419. The van der Waals surface area contributed by atoms with Crippen LogP contribution in [0, 0.1) is 0 Å². The fourth-order valence-electron chi connectivity index (χ4n) is 1.99. The van der Waals surface area contributed by atoms with E-state index in [0.717, 1.165) is 19.4 Å². The summed E-state index contributed by atoms with van der Waals surface area (Å²) < 4.78 is 5.63. The fraction of sp³-hybridized carbons (Fsp3) is 0.583. The molecule has 0 amide bonds. The minimum atomic E-state index is -1.04. The first kappa shape index (κ1) is 12.8. The number of carboxylic acids is 1. The van der Waals surface area contributed by atoms with E-state index >= 15 is 0 Å². The van der Waals surface area contributed by atoms with Crippen LogP contribution in [0.3, 0.4) is 0 Å². The summed E-state index contributed by atoms with van der Waals surface area (Å²) in [6, 6.07) is 1.39. The van der Waals surface area contributed by atoms with Crippen LogP contribution in [0.25, 0.3) is 0 Å². The van der Waals surface area contributed by atoms with Crippen molar-refractivity contribution in [1.29, 1.82) is 0 Å². The van der Waals surface area contributed by atoms with Gasteiger partial charge in [0, 0.05) is 26.4 Å². The zero-order valence-electron chi connectivity index (χ0n) is 10.4. The van der Waals surface area contributed by atoms with Gasteiger partial charge in [-0.25, -0.2) is 14.8 Å². The predicted molar refractivity (Wildman–Crippen MR) is 65.9 cm³/mol. The Balaban J connectivity index is 2.01. The van der Waals surface area contributed by atoms with Crippen molar-refractivity contribution >= 4 is 11.9 Å². The number of aromatic nitrogens is 2. The highest BCUT2D eigenvalue weighted by Gasteiger charge is 2.18. The van der Waals surface area contributed by atoms with E-state index in [1.54, 1.807) is 0 Å². The SMILES string of the molecule is CN(CC1CCCCO1)c1nccc(C(=O)O)n1. The van der Waals surface area contributed by atoms with Gasteiger partial charge in [0.15, 0.2) is 5.69 Å². The van der Waals surface area contributed by atoms with Crippen molar-refractivity contribution in [2.75, 3.05) is 25.1 Å². The maximum atomic E-state index is 10.8. The number of carboxylic acid groups (broad SMARTS) is 1. The van der Waals surface area contributed by atoms with Crippen molar-refractivity contribution < 1.29 is 14.6 Å². The number of rotatable bonds is 4. The molecule has 1 aliphatic heterocycles. The monoisotopic (exact) mass is 251 g/mol. The van der Waals surface area contributed by atoms with Crippen LogP contribution in [0.1, 0.15) is 29.8 Å². The van der Waals surface area contributed by atoms with Gasteiger partial charge in [0.05, 0.1) is 6.10 Å². The van der Waals surface area contributed by atoms with E-state index in [1.165, 1.54) is 18.7 Å². The molecule has 1 aliphatic rings. The molecule has 0 aliphatic carbocycles. The Labute approximate surface area is 106 Å². The Morgan fingerprint density at radius 1 is 1.61 bits per heavy atom. The third-order valence-corrected chi connectivity index (χ3v) is 2.95. The van der Waals surface area contributed by atoms with Gasteiger partial charge in [-0.15, -0.1) is 0 Å². The molecule has 0 bridgehead atoms. The first-order valence-corrected chi connectivity index (χ1v) is 6.06. The highest BCUT2D eigenvalue weighted by atomic mass is 16.5. The van der Waals surface area contributed by atoms with E-state index in [4.69, 9.17) is 9.84 Å². The molecule has 18 heavy (non-hydrogen) atoms. The summed E-state index contributed by atoms with van der Waals surface area (Å²) in [6.07, 6.45) is 4.97. The highest BCUT2D eigenvalue weighted by molar-refractivity contribution is 5.85. The second kappa shape index (κ2) is 5.77. The summed E-state index contributed by atoms with van der Waals surface area (Å²) >= 11 is 0. The van der Waals surface area contributed by atoms with Crippen molar-refractivity contribution in [2.45, 2.75) is 25.4 Å². The third-order valence-electron chi connectivity index (χ3n) is 2.95. The third kappa shape index (κ3) is 3.16. The van der Waals surface area contributed by atoms with Crippen LogP contribution in [0.15, 0.2) is 12.3 Å². The quantitative estimate of drug-likeness (QED) is 0.866. The van der Waals surface area contributed by atoms with E-state index in [9.17, 15) is 4.79 Å². The Morgan fingerprint density at radius 2 is 2.44 bits per heavy atom. The van der Waals surface area contributed by atoms with Gasteiger partial charge >= 0.3 is 5.97 Å².